The third-order valence-electron chi connectivity index (χ3n) is 2.52. The number of hydrogen-bond donors (Lipinski definition) is 1. The lowest BCUT2D eigenvalue weighted by atomic mass is 10.2. The van der Waals surface area contributed by atoms with Gasteiger partial charge in [-0.15, -0.1) is 0 Å². The van der Waals surface area contributed by atoms with Crippen LogP contribution in [0.15, 0.2) is 36.0 Å². The van der Waals surface area contributed by atoms with Gasteiger partial charge >= 0.3 is 5.97 Å². The summed E-state index contributed by atoms with van der Waals surface area (Å²) in [7, 11) is 0. The summed E-state index contributed by atoms with van der Waals surface area (Å²) < 4.78 is 13.5. The SMILES string of the molecule is Cc1oc(COc2c(Br)cc(Br)cc2Br)cc1C(=O)O. The highest BCUT2D eigenvalue weighted by atomic mass is 79.9. The Morgan fingerprint density at radius 3 is 2.35 bits per heavy atom. The molecule has 0 radical (unpaired) electrons. The molecular weight excluding hydrogens is 460 g/mol. The molecule has 4 nitrogen and oxygen atoms in total. The first kappa shape index (κ1) is 15.6. The number of halogens is 3. The number of carboxylic acids is 1. The number of rotatable bonds is 4. The Kier molecular flexibility index (Phi) is 4.93. The van der Waals surface area contributed by atoms with Gasteiger partial charge in [0, 0.05) is 4.47 Å². The fourth-order valence-corrected chi connectivity index (χ4v) is 4.12. The van der Waals surface area contributed by atoms with Crippen molar-refractivity contribution in [2.45, 2.75) is 13.5 Å². The van der Waals surface area contributed by atoms with Gasteiger partial charge in [0.1, 0.15) is 29.4 Å². The molecule has 0 saturated heterocycles. The molecule has 0 fully saturated rings. The molecule has 1 aromatic carbocycles. The molecule has 0 saturated carbocycles. The van der Waals surface area contributed by atoms with Gasteiger partial charge < -0.3 is 14.3 Å². The first-order valence-electron chi connectivity index (χ1n) is 5.48. The lowest BCUT2D eigenvalue weighted by Crippen LogP contribution is -1.97. The van der Waals surface area contributed by atoms with Crippen LogP contribution in [0.2, 0.25) is 0 Å². The summed E-state index contributed by atoms with van der Waals surface area (Å²) in [6.07, 6.45) is 0. The van der Waals surface area contributed by atoms with Crippen LogP contribution >= 0.6 is 47.8 Å². The van der Waals surface area contributed by atoms with Crippen LogP contribution in [0.25, 0.3) is 0 Å². The zero-order valence-corrected chi connectivity index (χ0v) is 15.0. The minimum atomic E-state index is -1.01. The second-order valence-electron chi connectivity index (χ2n) is 3.97. The monoisotopic (exact) mass is 466 g/mol. The van der Waals surface area contributed by atoms with Crippen molar-refractivity contribution < 1.29 is 19.1 Å². The van der Waals surface area contributed by atoms with Gasteiger partial charge in [0.2, 0.25) is 0 Å². The van der Waals surface area contributed by atoms with Gasteiger partial charge in [-0.3, -0.25) is 0 Å². The molecule has 0 aliphatic heterocycles. The molecule has 0 bridgehead atoms. The van der Waals surface area contributed by atoms with Crippen LogP contribution < -0.4 is 4.74 Å². The predicted molar refractivity (Wildman–Crippen MR) is 84.3 cm³/mol. The highest BCUT2D eigenvalue weighted by Crippen LogP contribution is 2.37. The van der Waals surface area contributed by atoms with Crippen LogP contribution in [0.3, 0.4) is 0 Å². The van der Waals surface area contributed by atoms with Crippen LogP contribution in [-0.2, 0) is 6.61 Å². The van der Waals surface area contributed by atoms with Gasteiger partial charge in [0.25, 0.3) is 0 Å². The molecule has 2 aromatic rings. The van der Waals surface area contributed by atoms with Crippen LogP contribution in [0.4, 0.5) is 0 Å². The van der Waals surface area contributed by atoms with Crippen molar-refractivity contribution >= 4 is 53.8 Å². The summed E-state index contributed by atoms with van der Waals surface area (Å²) in [5.74, 6) is 0.439. The highest BCUT2D eigenvalue weighted by molar-refractivity contribution is 9.11. The minimum absolute atomic E-state index is 0.146. The first-order chi connectivity index (χ1) is 9.38. The van der Waals surface area contributed by atoms with Crippen LogP contribution in [0, 0.1) is 6.92 Å². The van der Waals surface area contributed by atoms with Gasteiger partial charge in [-0.1, -0.05) is 15.9 Å². The third kappa shape index (κ3) is 3.45. The molecule has 0 amide bonds. The van der Waals surface area contributed by atoms with Crippen molar-refractivity contribution in [3.63, 3.8) is 0 Å². The van der Waals surface area contributed by atoms with Gasteiger partial charge in [-0.2, -0.15) is 0 Å². The van der Waals surface area contributed by atoms with E-state index < -0.39 is 5.97 Å². The number of benzene rings is 1. The van der Waals surface area contributed by atoms with Gasteiger partial charge in [-0.05, 0) is 57.0 Å². The Morgan fingerprint density at radius 2 is 1.85 bits per heavy atom. The van der Waals surface area contributed by atoms with Crippen molar-refractivity contribution in [2.75, 3.05) is 0 Å². The van der Waals surface area contributed by atoms with E-state index in [4.69, 9.17) is 14.3 Å². The molecule has 1 heterocycles. The molecule has 0 aliphatic carbocycles. The molecule has 0 unspecified atom stereocenters. The lowest BCUT2D eigenvalue weighted by molar-refractivity contribution is 0.0695. The van der Waals surface area contributed by atoms with E-state index >= 15 is 0 Å². The predicted octanol–water partition coefficient (Wildman–Crippen LogP) is 5.15. The number of ether oxygens (including phenoxy) is 1. The van der Waals surface area contributed by atoms with Crippen molar-refractivity contribution in [2.24, 2.45) is 0 Å². The second-order valence-corrected chi connectivity index (χ2v) is 6.60. The minimum Gasteiger partial charge on any atom is -0.483 e. The number of furan rings is 1. The summed E-state index contributed by atoms with van der Waals surface area (Å²) in [5.41, 5.74) is 0.150. The average Bonchev–Trinajstić information content (AvgIpc) is 2.69. The topological polar surface area (TPSA) is 59.7 Å². The third-order valence-corrected chi connectivity index (χ3v) is 4.16. The highest BCUT2D eigenvalue weighted by Gasteiger charge is 2.15. The fraction of sp³-hybridized carbons (Fsp3) is 0.154. The zero-order chi connectivity index (χ0) is 14.9. The van der Waals surface area contributed by atoms with E-state index in [1.54, 1.807) is 6.92 Å². The Bertz CT molecular complexity index is 641. The van der Waals surface area contributed by atoms with E-state index in [0.717, 1.165) is 13.4 Å². The maximum absolute atomic E-state index is 10.9. The van der Waals surface area contributed by atoms with Crippen LogP contribution in [0.5, 0.6) is 5.75 Å². The van der Waals surface area contributed by atoms with E-state index in [1.165, 1.54) is 6.07 Å². The lowest BCUT2D eigenvalue weighted by Gasteiger charge is -2.09. The van der Waals surface area contributed by atoms with Crippen molar-refractivity contribution in [1.29, 1.82) is 0 Å². The number of aryl methyl sites for hydroxylation is 1. The van der Waals surface area contributed by atoms with Crippen LogP contribution in [-0.4, -0.2) is 11.1 Å². The summed E-state index contributed by atoms with van der Waals surface area (Å²) in [6.45, 7) is 1.76. The normalized spacial score (nSPS) is 10.6. The quantitative estimate of drug-likeness (QED) is 0.674. The average molecular weight is 469 g/mol. The fourth-order valence-electron chi connectivity index (χ4n) is 1.64. The Balaban J connectivity index is 2.17. The van der Waals surface area contributed by atoms with E-state index in [0.29, 0.717) is 17.3 Å². The molecule has 2 rings (SSSR count). The molecule has 106 valence electrons. The van der Waals surface area contributed by atoms with E-state index in [9.17, 15) is 4.79 Å². The number of aromatic carboxylic acids is 1. The Morgan fingerprint density at radius 1 is 1.25 bits per heavy atom. The van der Waals surface area contributed by atoms with Gasteiger partial charge in [0.15, 0.2) is 0 Å². The maximum atomic E-state index is 10.9. The zero-order valence-electron chi connectivity index (χ0n) is 10.2. The van der Waals surface area contributed by atoms with Crippen LogP contribution in [0.1, 0.15) is 21.9 Å². The molecule has 0 spiro atoms. The van der Waals surface area contributed by atoms with E-state index in [-0.39, 0.29) is 12.2 Å². The van der Waals surface area contributed by atoms with Crippen molar-refractivity contribution in [3.8, 4) is 5.75 Å². The molecule has 1 aromatic heterocycles. The molecule has 0 aliphatic rings. The molecule has 7 heteroatoms. The van der Waals surface area contributed by atoms with Gasteiger partial charge in [0.05, 0.1) is 8.95 Å². The summed E-state index contributed by atoms with van der Waals surface area (Å²) in [4.78, 5) is 10.9. The number of carboxylic acid groups (broad SMARTS) is 1. The summed E-state index contributed by atoms with van der Waals surface area (Å²) in [5, 5.41) is 8.96. The smallest absolute Gasteiger partial charge is 0.339 e. The molecule has 20 heavy (non-hydrogen) atoms. The molecule has 1 N–H and O–H groups in total. The standard InChI is InChI=1S/C13H9Br3O4/c1-6-9(13(17)18)4-8(20-6)5-19-12-10(15)2-7(14)3-11(12)16/h2-4H,5H2,1H3,(H,17,18). The summed E-state index contributed by atoms with van der Waals surface area (Å²) in [6, 6.07) is 5.19. The van der Waals surface area contributed by atoms with Crippen molar-refractivity contribution in [1.82, 2.24) is 0 Å². The number of hydrogen-bond acceptors (Lipinski definition) is 3. The van der Waals surface area contributed by atoms with Crippen molar-refractivity contribution in [3.05, 3.63) is 48.7 Å². The summed E-state index contributed by atoms with van der Waals surface area (Å²) >= 11 is 10.2. The van der Waals surface area contributed by atoms with E-state index in [2.05, 4.69) is 47.8 Å². The van der Waals surface area contributed by atoms with Gasteiger partial charge in [-0.25, -0.2) is 4.79 Å². The first-order valence-corrected chi connectivity index (χ1v) is 7.86. The second kappa shape index (κ2) is 6.32. The Hall–Kier alpha value is -0.790. The Labute approximate surface area is 140 Å². The maximum Gasteiger partial charge on any atom is 0.339 e. The number of carbonyl (C=O) groups is 1. The molecular formula is C13H9Br3O4. The largest absolute Gasteiger partial charge is 0.483 e. The molecule has 0 atom stereocenters. The van der Waals surface area contributed by atoms with E-state index in [1.807, 2.05) is 12.1 Å².